The van der Waals surface area contributed by atoms with Crippen molar-refractivity contribution in [2.45, 2.75) is 40.2 Å². The molecule has 1 aliphatic rings. The fourth-order valence-corrected chi connectivity index (χ4v) is 3.90. The Hall–Kier alpha value is -3.53. The Morgan fingerprint density at radius 2 is 2.00 bits per heavy atom. The zero-order valence-electron chi connectivity index (χ0n) is 18.7. The summed E-state index contributed by atoms with van der Waals surface area (Å²) in [6.07, 6.45) is 0.824. The van der Waals surface area contributed by atoms with E-state index in [2.05, 4.69) is 25.7 Å². The molecule has 2 amide bonds. The zero-order chi connectivity index (χ0) is 22.8. The highest BCUT2D eigenvalue weighted by molar-refractivity contribution is 5.91. The van der Waals surface area contributed by atoms with Gasteiger partial charge in [-0.15, -0.1) is 0 Å². The number of nitrogens with zero attached hydrogens (tertiary/aromatic N) is 5. The van der Waals surface area contributed by atoms with Gasteiger partial charge < -0.3 is 15.1 Å². The van der Waals surface area contributed by atoms with Crippen molar-refractivity contribution in [2.24, 2.45) is 0 Å². The first-order chi connectivity index (χ1) is 15.3. The van der Waals surface area contributed by atoms with Crippen LogP contribution in [0.1, 0.15) is 30.5 Å². The number of likely N-dealkylation sites (tertiary alicyclic amines) is 1. The normalized spacial score (nSPS) is 16.3. The fourth-order valence-electron chi connectivity index (χ4n) is 3.90. The highest BCUT2D eigenvalue weighted by Crippen LogP contribution is 2.23. The van der Waals surface area contributed by atoms with Gasteiger partial charge in [-0.05, 0) is 45.4 Å². The predicted molar refractivity (Wildman–Crippen MR) is 118 cm³/mol. The lowest BCUT2D eigenvalue weighted by atomic mass is 10.3. The summed E-state index contributed by atoms with van der Waals surface area (Å²) in [5.74, 6) is 2.29. The van der Waals surface area contributed by atoms with Crippen LogP contribution in [0.15, 0.2) is 28.7 Å². The summed E-state index contributed by atoms with van der Waals surface area (Å²) in [5, 5.41) is 10.3. The Balaban J connectivity index is 1.55. The van der Waals surface area contributed by atoms with Gasteiger partial charge in [0.05, 0.1) is 12.2 Å². The Labute approximate surface area is 186 Å². The topological polar surface area (TPSA) is 118 Å². The van der Waals surface area contributed by atoms with Gasteiger partial charge in [-0.25, -0.2) is 14.6 Å². The molecule has 0 bridgehead atoms. The third kappa shape index (κ3) is 5.02. The Bertz CT molecular complexity index is 1150. The van der Waals surface area contributed by atoms with Gasteiger partial charge in [-0.2, -0.15) is 5.10 Å². The van der Waals surface area contributed by atoms with E-state index in [0.29, 0.717) is 29.8 Å². The van der Waals surface area contributed by atoms with Crippen molar-refractivity contribution in [1.82, 2.24) is 30.0 Å². The Morgan fingerprint density at radius 1 is 1.19 bits per heavy atom. The molecule has 1 saturated heterocycles. The first-order valence-electron chi connectivity index (χ1n) is 10.6. The van der Waals surface area contributed by atoms with Gasteiger partial charge in [0.2, 0.25) is 11.8 Å². The molecule has 0 aliphatic carbocycles. The first-order valence-corrected chi connectivity index (χ1v) is 10.6. The summed E-state index contributed by atoms with van der Waals surface area (Å²) >= 11 is 0. The zero-order valence-corrected chi connectivity index (χ0v) is 18.7. The van der Waals surface area contributed by atoms with E-state index >= 15 is 0 Å². The lowest BCUT2D eigenvalue weighted by molar-refractivity contribution is -0.119. The number of aromatic nitrogens is 4. The minimum absolute atomic E-state index is 0.0559. The van der Waals surface area contributed by atoms with Gasteiger partial charge in [-0.3, -0.25) is 14.5 Å². The van der Waals surface area contributed by atoms with E-state index in [0.717, 1.165) is 30.1 Å². The summed E-state index contributed by atoms with van der Waals surface area (Å²) in [6, 6.07) is 7.36. The molecular weight excluding hydrogens is 410 g/mol. The van der Waals surface area contributed by atoms with Crippen LogP contribution >= 0.6 is 0 Å². The smallest absolute Gasteiger partial charge is 0.239 e. The molecule has 4 heterocycles. The van der Waals surface area contributed by atoms with Crippen LogP contribution in [-0.4, -0.2) is 62.1 Å². The molecule has 168 valence electrons. The number of nitrogens with one attached hydrogen (secondary N) is 2. The molecule has 1 fully saturated rings. The van der Waals surface area contributed by atoms with Gasteiger partial charge in [0.15, 0.2) is 17.4 Å². The van der Waals surface area contributed by atoms with Crippen LogP contribution in [0.5, 0.6) is 0 Å². The maximum atomic E-state index is 12.7. The lowest BCUT2D eigenvalue weighted by Gasteiger charge is -2.16. The third-order valence-corrected chi connectivity index (χ3v) is 5.21. The van der Waals surface area contributed by atoms with Crippen molar-refractivity contribution in [1.29, 1.82) is 0 Å². The first kappa shape index (κ1) is 21.7. The van der Waals surface area contributed by atoms with Crippen LogP contribution in [0.3, 0.4) is 0 Å². The van der Waals surface area contributed by atoms with E-state index < -0.39 is 0 Å². The molecule has 0 radical (unpaired) electrons. The number of furan rings is 1. The van der Waals surface area contributed by atoms with Crippen LogP contribution in [0.2, 0.25) is 0 Å². The molecule has 32 heavy (non-hydrogen) atoms. The molecule has 1 aliphatic heterocycles. The SMILES string of the molecule is CC(=O)NC1CCN(CC(=O)Nc2cc(-n3nc(C)cc3C)nc(-c3ccc(C)o3)n2)C1. The molecule has 10 nitrogen and oxygen atoms in total. The van der Waals surface area contributed by atoms with Crippen molar-refractivity contribution in [3.8, 4) is 17.4 Å². The quantitative estimate of drug-likeness (QED) is 0.605. The number of aryl methyl sites for hydroxylation is 3. The van der Waals surface area contributed by atoms with E-state index in [-0.39, 0.29) is 24.4 Å². The van der Waals surface area contributed by atoms with Crippen LogP contribution in [-0.2, 0) is 9.59 Å². The summed E-state index contributed by atoms with van der Waals surface area (Å²) in [4.78, 5) is 35.1. The van der Waals surface area contributed by atoms with Gasteiger partial charge >= 0.3 is 0 Å². The molecule has 2 N–H and O–H groups in total. The van der Waals surface area contributed by atoms with Crippen LogP contribution < -0.4 is 10.6 Å². The third-order valence-electron chi connectivity index (χ3n) is 5.21. The summed E-state index contributed by atoms with van der Waals surface area (Å²) in [6.45, 7) is 8.81. The Morgan fingerprint density at radius 3 is 2.66 bits per heavy atom. The molecule has 0 spiro atoms. The highest BCUT2D eigenvalue weighted by Gasteiger charge is 2.25. The molecule has 1 unspecified atom stereocenters. The second-order valence-electron chi connectivity index (χ2n) is 8.15. The van der Waals surface area contributed by atoms with Gasteiger partial charge in [-0.1, -0.05) is 0 Å². The van der Waals surface area contributed by atoms with E-state index in [1.54, 1.807) is 16.8 Å². The van der Waals surface area contributed by atoms with E-state index in [1.807, 2.05) is 37.8 Å². The number of amides is 2. The van der Waals surface area contributed by atoms with Crippen molar-refractivity contribution in [2.75, 3.05) is 25.0 Å². The van der Waals surface area contributed by atoms with Crippen LogP contribution in [0, 0.1) is 20.8 Å². The largest absolute Gasteiger partial charge is 0.458 e. The lowest BCUT2D eigenvalue weighted by Crippen LogP contribution is -2.37. The van der Waals surface area contributed by atoms with Crippen molar-refractivity contribution < 1.29 is 14.0 Å². The number of carbonyl (C=O) groups excluding carboxylic acids is 2. The number of carbonyl (C=O) groups is 2. The molecule has 1 atom stereocenters. The molecule has 0 saturated carbocycles. The van der Waals surface area contributed by atoms with E-state index in [9.17, 15) is 9.59 Å². The maximum Gasteiger partial charge on any atom is 0.239 e. The molecule has 0 aromatic carbocycles. The van der Waals surface area contributed by atoms with Gasteiger partial charge in [0.25, 0.3) is 0 Å². The average Bonchev–Trinajstić information content (AvgIpc) is 3.41. The van der Waals surface area contributed by atoms with Crippen LogP contribution in [0.25, 0.3) is 17.4 Å². The van der Waals surface area contributed by atoms with Crippen molar-refractivity contribution >= 4 is 17.6 Å². The second kappa shape index (κ2) is 8.91. The summed E-state index contributed by atoms with van der Waals surface area (Å²) in [7, 11) is 0. The van der Waals surface area contributed by atoms with Gasteiger partial charge in [0.1, 0.15) is 11.6 Å². The number of hydrogen-bond acceptors (Lipinski definition) is 7. The average molecular weight is 438 g/mol. The van der Waals surface area contributed by atoms with E-state index in [4.69, 9.17) is 4.42 Å². The van der Waals surface area contributed by atoms with Gasteiger partial charge in [0, 0.05) is 37.8 Å². The monoisotopic (exact) mass is 437 g/mol. The molecule has 10 heteroatoms. The molecular formula is C22H27N7O3. The standard InChI is InChI=1S/C22H27N7O3/c1-13-9-14(2)29(27-13)20-10-19(25-22(26-20)18-6-5-15(3)32-18)24-21(31)12-28-8-7-17(11-28)23-16(4)30/h5-6,9-10,17H,7-8,11-12H2,1-4H3,(H,23,30)(H,24,25,26,31). The maximum absolute atomic E-state index is 12.7. The minimum atomic E-state index is -0.187. The minimum Gasteiger partial charge on any atom is -0.458 e. The number of hydrogen-bond donors (Lipinski definition) is 2. The summed E-state index contributed by atoms with van der Waals surface area (Å²) in [5.41, 5.74) is 1.78. The van der Waals surface area contributed by atoms with Crippen molar-refractivity contribution in [3.05, 3.63) is 41.4 Å². The highest BCUT2D eigenvalue weighted by atomic mass is 16.3. The molecule has 3 aromatic rings. The summed E-state index contributed by atoms with van der Waals surface area (Å²) < 4.78 is 7.41. The van der Waals surface area contributed by atoms with Crippen LogP contribution in [0.4, 0.5) is 5.82 Å². The van der Waals surface area contributed by atoms with Crippen molar-refractivity contribution in [3.63, 3.8) is 0 Å². The van der Waals surface area contributed by atoms with E-state index in [1.165, 1.54) is 6.92 Å². The number of rotatable bonds is 6. The number of anilines is 1. The predicted octanol–water partition coefficient (Wildman–Crippen LogP) is 2.00. The molecule has 3 aromatic heterocycles. The Kier molecular flexibility index (Phi) is 6.04. The molecule has 4 rings (SSSR count). The fraction of sp³-hybridized carbons (Fsp3) is 0.409. The second-order valence-corrected chi connectivity index (χ2v) is 8.15.